The highest BCUT2D eigenvalue weighted by Crippen LogP contribution is 2.38. The molecule has 0 aliphatic heterocycles. The number of nitrogens with one attached hydrogen (secondary N) is 1. The van der Waals surface area contributed by atoms with Crippen LogP contribution in [0.1, 0.15) is 27.8 Å². The van der Waals surface area contributed by atoms with Crippen molar-refractivity contribution in [2.24, 2.45) is 0 Å². The SMILES string of the molecule is O=C(NC(Cc1ccc(OCc2ccccc2)cc1)C(=O)O)OCc1cccc2c1Cc1ccccc1-2. The minimum absolute atomic E-state index is 0.0722. The van der Waals surface area contributed by atoms with Gasteiger partial charge in [0.2, 0.25) is 0 Å². The van der Waals surface area contributed by atoms with E-state index in [1.165, 1.54) is 11.1 Å². The maximum Gasteiger partial charge on any atom is 0.408 e. The second-order valence-corrected chi connectivity index (χ2v) is 9.01. The van der Waals surface area contributed by atoms with Crippen LogP contribution in [0.3, 0.4) is 0 Å². The summed E-state index contributed by atoms with van der Waals surface area (Å²) in [4.78, 5) is 24.3. The summed E-state index contributed by atoms with van der Waals surface area (Å²) in [6.45, 7) is 0.519. The second kappa shape index (κ2) is 11.0. The van der Waals surface area contributed by atoms with E-state index in [1.54, 1.807) is 24.3 Å². The van der Waals surface area contributed by atoms with Gasteiger partial charge in [-0.3, -0.25) is 0 Å². The van der Waals surface area contributed by atoms with Gasteiger partial charge < -0.3 is 19.9 Å². The van der Waals surface area contributed by atoms with E-state index in [-0.39, 0.29) is 13.0 Å². The number of amides is 1. The van der Waals surface area contributed by atoms with Crippen molar-refractivity contribution in [2.45, 2.75) is 32.1 Å². The zero-order chi connectivity index (χ0) is 25.6. The summed E-state index contributed by atoms with van der Waals surface area (Å²) in [5.74, 6) is -0.443. The smallest absolute Gasteiger partial charge is 0.408 e. The van der Waals surface area contributed by atoms with Gasteiger partial charge in [0, 0.05) is 6.42 Å². The molecule has 1 aliphatic carbocycles. The van der Waals surface area contributed by atoms with Crippen LogP contribution in [-0.4, -0.2) is 23.2 Å². The lowest BCUT2D eigenvalue weighted by Gasteiger charge is -2.16. The van der Waals surface area contributed by atoms with Gasteiger partial charge in [0.05, 0.1) is 0 Å². The number of benzene rings is 4. The van der Waals surface area contributed by atoms with E-state index in [4.69, 9.17) is 9.47 Å². The molecule has 37 heavy (non-hydrogen) atoms. The molecule has 0 aromatic heterocycles. The average molecular weight is 494 g/mol. The zero-order valence-corrected chi connectivity index (χ0v) is 20.2. The molecule has 4 aromatic rings. The Morgan fingerprint density at radius 2 is 1.51 bits per heavy atom. The maximum atomic E-state index is 12.5. The number of alkyl carbamates (subject to hydrolysis) is 1. The van der Waals surface area contributed by atoms with Gasteiger partial charge in [-0.15, -0.1) is 0 Å². The fourth-order valence-electron chi connectivity index (χ4n) is 4.58. The Kier molecular flexibility index (Phi) is 7.17. The zero-order valence-electron chi connectivity index (χ0n) is 20.2. The predicted octanol–water partition coefficient (Wildman–Crippen LogP) is 5.76. The monoisotopic (exact) mass is 493 g/mol. The fraction of sp³-hybridized carbons (Fsp3) is 0.161. The normalized spacial score (nSPS) is 12.2. The molecular weight excluding hydrogens is 466 g/mol. The molecule has 5 rings (SSSR count). The Hall–Kier alpha value is -4.58. The molecule has 0 fully saturated rings. The van der Waals surface area contributed by atoms with Gasteiger partial charge in [0.1, 0.15) is 25.0 Å². The van der Waals surface area contributed by atoms with Gasteiger partial charge >= 0.3 is 12.1 Å². The molecule has 1 amide bonds. The lowest BCUT2D eigenvalue weighted by atomic mass is 10.0. The molecule has 6 heteroatoms. The molecule has 0 bridgehead atoms. The quantitative estimate of drug-likeness (QED) is 0.273. The Morgan fingerprint density at radius 3 is 2.30 bits per heavy atom. The highest BCUT2D eigenvalue weighted by Gasteiger charge is 2.23. The topological polar surface area (TPSA) is 84.9 Å². The first kappa shape index (κ1) is 24.1. The molecule has 6 nitrogen and oxygen atoms in total. The summed E-state index contributed by atoms with van der Waals surface area (Å²) in [6.07, 6.45) is 0.151. The highest BCUT2D eigenvalue weighted by molar-refractivity contribution is 5.80. The van der Waals surface area contributed by atoms with E-state index >= 15 is 0 Å². The van der Waals surface area contributed by atoms with Crippen LogP contribution < -0.4 is 10.1 Å². The summed E-state index contributed by atoms with van der Waals surface area (Å²) < 4.78 is 11.2. The molecule has 1 atom stereocenters. The van der Waals surface area contributed by atoms with Crippen LogP contribution >= 0.6 is 0 Å². The Bertz CT molecular complexity index is 1400. The Labute approximate surface area is 215 Å². The van der Waals surface area contributed by atoms with Crippen molar-refractivity contribution in [3.63, 3.8) is 0 Å². The van der Waals surface area contributed by atoms with Gasteiger partial charge in [0.15, 0.2) is 0 Å². The van der Waals surface area contributed by atoms with Crippen molar-refractivity contribution < 1.29 is 24.2 Å². The average Bonchev–Trinajstić information content (AvgIpc) is 3.31. The lowest BCUT2D eigenvalue weighted by Crippen LogP contribution is -2.42. The first-order valence-electron chi connectivity index (χ1n) is 12.2. The van der Waals surface area contributed by atoms with Crippen LogP contribution in [0.15, 0.2) is 97.1 Å². The number of ether oxygens (including phenoxy) is 2. The number of aliphatic carboxylic acids is 1. The second-order valence-electron chi connectivity index (χ2n) is 9.01. The molecule has 0 saturated heterocycles. The van der Waals surface area contributed by atoms with Crippen LogP contribution in [0, 0.1) is 0 Å². The van der Waals surface area contributed by atoms with E-state index < -0.39 is 18.1 Å². The Balaban J connectivity index is 1.15. The van der Waals surface area contributed by atoms with Crippen LogP contribution in [0.4, 0.5) is 4.79 Å². The van der Waals surface area contributed by atoms with Crippen molar-refractivity contribution in [2.75, 3.05) is 0 Å². The Morgan fingerprint density at radius 1 is 0.784 bits per heavy atom. The molecule has 186 valence electrons. The van der Waals surface area contributed by atoms with Gasteiger partial charge in [-0.05, 0) is 57.5 Å². The third-order valence-electron chi connectivity index (χ3n) is 6.51. The number of carboxylic acids is 1. The first-order chi connectivity index (χ1) is 18.1. The van der Waals surface area contributed by atoms with Gasteiger partial charge in [-0.2, -0.15) is 0 Å². The number of fused-ring (bicyclic) bond motifs is 3. The minimum atomic E-state index is -1.13. The molecule has 0 heterocycles. The third-order valence-corrected chi connectivity index (χ3v) is 6.51. The molecule has 0 spiro atoms. The summed E-state index contributed by atoms with van der Waals surface area (Å²) in [5.41, 5.74) is 7.48. The molecule has 0 saturated carbocycles. The molecular formula is C31H27NO5. The van der Waals surface area contributed by atoms with Crippen LogP contribution in [0.2, 0.25) is 0 Å². The lowest BCUT2D eigenvalue weighted by molar-refractivity contribution is -0.139. The number of hydrogen-bond acceptors (Lipinski definition) is 4. The van der Waals surface area contributed by atoms with Crippen molar-refractivity contribution in [3.05, 3.63) is 125 Å². The van der Waals surface area contributed by atoms with Crippen molar-refractivity contribution in [3.8, 4) is 16.9 Å². The number of carboxylic acid groups (broad SMARTS) is 1. The van der Waals surface area contributed by atoms with Crippen molar-refractivity contribution >= 4 is 12.1 Å². The third kappa shape index (κ3) is 5.81. The molecule has 4 aromatic carbocycles. The van der Waals surface area contributed by atoms with Crippen molar-refractivity contribution in [1.82, 2.24) is 5.32 Å². The minimum Gasteiger partial charge on any atom is -0.489 e. The largest absolute Gasteiger partial charge is 0.489 e. The van der Waals surface area contributed by atoms with Gasteiger partial charge in [-0.25, -0.2) is 9.59 Å². The maximum absolute atomic E-state index is 12.5. The fourth-order valence-corrected chi connectivity index (χ4v) is 4.58. The standard InChI is InChI=1S/C31H27NO5/c33-30(34)29(17-21-13-15-25(16-14-21)36-19-22-7-2-1-3-8-22)32-31(35)37-20-24-10-6-12-27-26-11-5-4-9-23(26)18-28(24)27/h1-16,29H,17-20H2,(H,32,35)(H,33,34). The highest BCUT2D eigenvalue weighted by atomic mass is 16.5. The van der Waals surface area contributed by atoms with Gasteiger partial charge in [0.25, 0.3) is 0 Å². The molecule has 1 aliphatic rings. The van der Waals surface area contributed by atoms with Gasteiger partial charge in [-0.1, -0.05) is 84.9 Å². The molecule has 2 N–H and O–H groups in total. The first-order valence-corrected chi connectivity index (χ1v) is 12.2. The predicted molar refractivity (Wildman–Crippen MR) is 140 cm³/mol. The van der Waals surface area contributed by atoms with Crippen LogP contribution in [0.5, 0.6) is 5.75 Å². The molecule has 1 unspecified atom stereocenters. The molecule has 0 radical (unpaired) electrons. The van der Waals surface area contributed by atoms with E-state index in [1.807, 2.05) is 54.6 Å². The summed E-state index contributed by atoms with van der Waals surface area (Å²) in [6, 6.07) is 30.1. The number of carbonyl (C=O) groups is 2. The van der Waals surface area contributed by atoms with E-state index in [9.17, 15) is 14.7 Å². The number of rotatable bonds is 9. The van der Waals surface area contributed by atoms with E-state index in [0.29, 0.717) is 12.4 Å². The van der Waals surface area contributed by atoms with Crippen LogP contribution in [0.25, 0.3) is 11.1 Å². The number of hydrogen-bond donors (Lipinski definition) is 2. The summed E-state index contributed by atoms with van der Waals surface area (Å²) >= 11 is 0. The summed E-state index contributed by atoms with van der Waals surface area (Å²) in [7, 11) is 0. The number of carbonyl (C=O) groups excluding carboxylic acids is 1. The van der Waals surface area contributed by atoms with Crippen LogP contribution in [-0.2, 0) is 35.6 Å². The van der Waals surface area contributed by atoms with E-state index in [0.717, 1.165) is 34.2 Å². The van der Waals surface area contributed by atoms with E-state index in [2.05, 4.69) is 23.5 Å². The summed E-state index contributed by atoms with van der Waals surface area (Å²) in [5, 5.41) is 12.2. The van der Waals surface area contributed by atoms with Crippen molar-refractivity contribution in [1.29, 1.82) is 0 Å².